The third kappa shape index (κ3) is 4.72. The summed E-state index contributed by atoms with van der Waals surface area (Å²) >= 11 is 13.1. The molecule has 1 aliphatic heterocycles. The minimum atomic E-state index is -0.985. The molecule has 7 nitrogen and oxygen atoms in total. The first kappa shape index (κ1) is 32.0. The van der Waals surface area contributed by atoms with E-state index in [4.69, 9.17) is 33.9 Å². The summed E-state index contributed by atoms with van der Waals surface area (Å²) in [7, 11) is 0. The fourth-order valence-electron chi connectivity index (χ4n) is 8.90. The van der Waals surface area contributed by atoms with E-state index in [9.17, 15) is 15.2 Å². The molecule has 1 amide bonds. The molecule has 3 aliphatic carbocycles. The number of halogens is 3. The van der Waals surface area contributed by atoms with Crippen LogP contribution in [-0.4, -0.2) is 38.1 Å². The Morgan fingerprint density at radius 3 is 2.67 bits per heavy atom. The number of carbonyl (C=O) groups excluding carboxylic acids is 1. The van der Waals surface area contributed by atoms with Crippen LogP contribution < -0.4 is 5.73 Å². The quantitative estimate of drug-likeness (QED) is 0.193. The Bertz CT molecular complexity index is 2050. The molecule has 1 unspecified atom stereocenters. The number of pyridine rings is 1. The van der Waals surface area contributed by atoms with Crippen molar-refractivity contribution in [2.75, 3.05) is 6.54 Å². The number of aromatic nitrogens is 2. The van der Waals surface area contributed by atoms with Gasteiger partial charge in [0.2, 0.25) is 5.91 Å². The number of fused-ring (bicyclic) bond motifs is 4. The first-order valence-corrected chi connectivity index (χ1v) is 18.0. The topological polar surface area (TPSA) is 108 Å². The number of hydrogen-bond acceptors (Lipinski definition) is 5. The van der Waals surface area contributed by atoms with Crippen LogP contribution in [-0.2, 0) is 11.2 Å². The van der Waals surface area contributed by atoms with E-state index in [-0.39, 0.29) is 57.9 Å². The number of aliphatic hydroxyl groups is 1. The normalized spacial score (nSPS) is 27.5. The second kappa shape index (κ2) is 11.4. The smallest absolute Gasteiger partial charge is 0.229 e. The lowest BCUT2D eigenvalue weighted by atomic mass is 9.70. The van der Waals surface area contributed by atoms with Crippen molar-refractivity contribution in [1.29, 1.82) is 5.26 Å². The van der Waals surface area contributed by atoms with Crippen molar-refractivity contribution in [3.63, 3.8) is 0 Å². The second-order valence-electron chi connectivity index (χ2n) is 15.0. The Kier molecular flexibility index (Phi) is 7.61. The number of aliphatic hydroxyl groups excluding tert-OH is 1. The van der Waals surface area contributed by atoms with Crippen LogP contribution in [0.3, 0.4) is 0 Å². The van der Waals surface area contributed by atoms with E-state index in [1.165, 1.54) is 0 Å². The SMILES string of the molecule is CC(O)c1nc2c(F)c(-c3cccc(Cl)c3Cl)c(CCC#N)cc2c2c1cc([C@H]1C[C@H]3C[C@H]3N1C(=O)C1(C)CC1)n2[C@H]1[C@@H](CN)C[C@@H]1C. The first-order valence-electron chi connectivity index (χ1n) is 17.2. The van der Waals surface area contributed by atoms with Crippen LogP contribution in [0.5, 0.6) is 0 Å². The minimum Gasteiger partial charge on any atom is -0.387 e. The van der Waals surface area contributed by atoms with Crippen LogP contribution in [0.4, 0.5) is 4.39 Å². The molecule has 4 aliphatic rings. The number of nitrogens with two attached hydrogens (primary N) is 1. The van der Waals surface area contributed by atoms with Gasteiger partial charge in [0.05, 0.1) is 39.5 Å². The van der Waals surface area contributed by atoms with Gasteiger partial charge in [-0.1, -0.05) is 49.2 Å². The molecule has 3 saturated carbocycles. The average molecular weight is 689 g/mol. The van der Waals surface area contributed by atoms with Gasteiger partial charge in [-0.05, 0) is 93.5 Å². The van der Waals surface area contributed by atoms with Crippen molar-refractivity contribution >= 4 is 50.9 Å². The molecule has 4 aromatic rings. The van der Waals surface area contributed by atoms with E-state index in [0.717, 1.165) is 48.7 Å². The summed E-state index contributed by atoms with van der Waals surface area (Å²) in [6.45, 7) is 6.47. The molecule has 1 saturated heterocycles. The highest BCUT2D eigenvalue weighted by Gasteiger charge is 2.60. The van der Waals surface area contributed by atoms with Crippen molar-refractivity contribution in [2.45, 2.75) is 89.9 Å². The number of carbonyl (C=O) groups is 1. The molecule has 7 atom stereocenters. The molecule has 3 N–H and O–H groups in total. The fourth-order valence-corrected chi connectivity index (χ4v) is 9.30. The summed E-state index contributed by atoms with van der Waals surface area (Å²) in [4.78, 5) is 21.1. The van der Waals surface area contributed by atoms with Crippen LogP contribution >= 0.6 is 23.2 Å². The highest BCUT2D eigenvalue weighted by Crippen LogP contribution is 2.60. The highest BCUT2D eigenvalue weighted by atomic mass is 35.5. The zero-order chi connectivity index (χ0) is 33.8. The Balaban J connectivity index is 1.45. The van der Waals surface area contributed by atoms with Gasteiger partial charge in [-0.15, -0.1) is 0 Å². The molecule has 10 heteroatoms. The lowest BCUT2D eigenvalue weighted by molar-refractivity contribution is -0.138. The van der Waals surface area contributed by atoms with Gasteiger partial charge >= 0.3 is 0 Å². The van der Waals surface area contributed by atoms with Crippen molar-refractivity contribution in [3.8, 4) is 17.2 Å². The van der Waals surface area contributed by atoms with Gasteiger partial charge in [-0.2, -0.15) is 5.26 Å². The maximum Gasteiger partial charge on any atom is 0.229 e. The van der Waals surface area contributed by atoms with E-state index in [2.05, 4.69) is 35.5 Å². The number of hydrogen-bond donors (Lipinski definition) is 2. The monoisotopic (exact) mass is 687 g/mol. The van der Waals surface area contributed by atoms with Crippen molar-refractivity contribution in [3.05, 3.63) is 63.1 Å². The number of piperidine rings is 1. The average Bonchev–Trinajstić information content (AvgIpc) is 3.93. The lowest BCUT2D eigenvalue weighted by Gasteiger charge is -2.46. The maximum atomic E-state index is 17.2. The third-order valence-corrected chi connectivity index (χ3v) is 12.6. The molecular weight excluding hydrogens is 648 g/mol. The van der Waals surface area contributed by atoms with Crippen molar-refractivity contribution in [1.82, 2.24) is 14.5 Å². The lowest BCUT2D eigenvalue weighted by Crippen LogP contribution is -2.43. The van der Waals surface area contributed by atoms with Crippen LogP contribution in [0.15, 0.2) is 30.3 Å². The van der Waals surface area contributed by atoms with Gasteiger partial charge in [-0.3, -0.25) is 4.79 Å². The van der Waals surface area contributed by atoms with Gasteiger partial charge in [0.25, 0.3) is 0 Å². The molecular formula is C38H40Cl2FN5O2. The summed E-state index contributed by atoms with van der Waals surface area (Å²) in [6, 6.07) is 11.5. The highest BCUT2D eigenvalue weighted by molar-refractivity contribution is 6.43. The van der Waals surface area contributed by atoms with Crippen LogP contribution in [0.25, 0.3) is 32.9 Å². The van der Waals surface area contributed by atoms with E-state index in [1.54, 1.807) is 25.1 Å². The van der Waals surface area contributed by atoms with Crippen molar-refractivity contribution < 1.29 is 14.3 Å². The Labute approximate surface area is 289 Å². The van der Waals surface area contributed by atoms with Crippen LogP contribution in [0, 0.1) is 40.3 Å². The third-order valence-electron chi connectivity index (χ3n) is 11.8. The maximum absolute atomic E-state index is 17.2. The first-order chi connectivity index (χ1) is 23.0. The summed E-state index contributed by atoms with van der Waals surface area (Å²) in [5, 5.41) is 22.7. The van der Waals surface area contributed by atoms with Crippen molar-refractivity contribution in [2.24, 2.45) is 28.9 Å². The largest absolute Gasteiger partial charge is 0.387 e. The van der Waals surface area contributed by atoms with Gasteiger partial charge in [0, 0.05) is 51.5 Å². The van der Waals surface area contributed by atoms with Gasteiger partial charge in [-0.25, -0.2) is 9.37 Å². The molecule has 0 bridgehead atoms. The Morgan fingerprint density at radius 1 is 1.23 bits per heavy atom. The van der Waals surface area contributed by atoms with Gasteiger partial charge in [0.15, 0.2) is 5.82 Å². The summed E-state index contributed by atoms with van der Waals surface area (Å²) < 4.78 is 19.6. The molecule has 2 aromatic heterocycles. The van der Waals surface area contributed by atoms with E-state index in [0.29, 0.717) is 52.0 Å². The zero-order valence-electron chi connectivity index (χ0n) is 27.4. The number of aryl methyl sites for hydroxylation is 1. The molecule has 0 radical (unpaired) electrons. The standard InChI is InChI=1S/C38H40Cl2FN5O2/c1-18-12-22(17-43)35(18)46-29(28-15-21-14-27(21)45(28)37(48)38(3)9-10-38)16-25-33(19(2)47)44-34-24(36(25)46)13-20(6-5-11-42)30(32(34)41)23-7-4-8-26(39)31(23)40/h4,7-8,13,16,18-19,21-22,27-28,35,47H,5-6,9-10,12,14-15,17,43H2,1-3H3/t18-,19?,21+,22+,27+,28+,35+/m0/s1. The Morgan fingerprint density at radius 2 is 2.00 bits per heavy atom. The molecule has 2 aromatic carbocycles. The summed E-state index contributed by atoms with van der Waals surface area (Å²) in [5.41, 5.74) is 9.71. The number of amides is 1. The van der Waals surface area contributed by atoms with Gasteiger partial charge < -0.3 is 20.3 Å². The molecule has 250 valence electrons. The predicted octanol–water partition coefficient (Wildman–Crippen LogP) is 8.43. The number of benzene rings is 2. The molecule has 4 fully saturated rings. The van der Waals surface area contributed by atoms with Gasteiger partial charge in [0.1, 0.15) is 5.52 Å². The molecule has 8 rings (SSSR count). The second-order valence-corrected chi connectivity index (χ2v) is 15.8. The summed E-state index contributed by atoms with van der Waals surface area (Å²) in [5.74, 6) is 0.655. The number of rotatable bonds is 8. The number of nitriles is 1. The van der Waals surface area contributed by atoms with E-state index >= 15 is 4.39 Å². The number of nitrogens with zero attached hydrogens (tertiary/aromatic N) is 4. The van der Waals surface area contributed by atoms with E-state index in [1.807, 2.05) is 6.07 Å². The molecule has 3 heterocycles. The van der Waals surface area contributed by atoms with Crippen LogP contribution in [0.2, 0.25) is 10.0 Å². The van der Waals surface area contributed by atoms with Crippen LogP contribution in [0.1, 0.15) is 94.4 Å². The number of likely N-dealkylation sites (tertiary alicyclic amines) is 1. The Hall–Kier alpha value is -3.22. The minimum absolute atomic E-state index is 0.0352. The molecule has 0 spiro atoms. The molecule has 48 heavy (non-hydrogen) atoms. The fraction of sp³-hybridized carbons (Fsp3) is 0.500. The summed E-state index contributed by atoms with van der Waals surface area (Å²) in [6.07, 6.45) is 4.21. The predicted molar refractivity (Wildman–Crippen MR) is 186 cm³/mol. The van der Waals surface area contributed by atoms with E-state index < -0.39 is 11.9 Å². The zero-order valence-corrected chi connectivity index (χ0v) is 29.0.